The van der Waals surface area contributed by atoms with Crippen molar-refractivity contribution in [3.8, 4) is 0 Å². The molecule has 0 atom stereocenters. The van der Waals surface area contributed by atoms with Crippen LogP contribution in [0.3, 0.4) is 0 Å². The lowest BCUT2D eigenvalue weighted by Gasteiger charge is -2.36. The third-order valence-electron chi connectivity index (χ3n) is 4.34. The van der Waals surface area contributed by atoms with Gasteiger partial charge >= 0.3 is 0 Å². The molecule has 1 N–H and O–H groups in total. The molecule has 0 bridgehead atoms. The first-order chi connectivity index (χ1) is 10.8. The Balaban J connectivity index is 1.46. The average molecular weight is 304 g/mol. The molecule has 1 aromatic rings. The summed E-state index contributed by atoms with van der Waals surface area (Å²) in [5, 5.41) is 3.44. The van der Waals surface area contributed by atoms with Gasteiger partial charge in [0.05, 0.1) is 6.26 Å². The Morgan fingerprint density at radius 1 is 1.32 bits per heavy atom. The van der Waals surface area contributed by atoms with Gasteiger partial charge in [0, 0.05) is 39.8 Å². The van der Waals surface area contributed by atoms with Crippen molar-refractivity contribution >= 4 is 11.9 Å². The van der Waals surface area contributed by atoms with E-state index in [1.54, 1.807) is 12.1 Å². The molecule has 2 fully saturated rings. The van der Waals surface area contributed by atoms with E-state index in [4.69, 9.17) is 4.42 Å². The standard InChI is InChI=1S/C16H24N4O2/c1-17-16(18-7-6-13-4-5-13)20-10-8-19(9-11-20)15(21)14-3-2-12-22-14/h2-3,12-13H,4-11H2,1H3,(H,17,18). The van der Waals surface area contributed by atoms with Crippen molar-refractivity contribution in [3.63, 3.8) is 0 Å². The first kappa shape index (κ1) is 14.9. The van der Waals surface area contributed by atoms with Gasteiger partial charge in [0.15, 0.2) is 11.7 Å². The monoisotopic (exact) mass is 304 g/mol. The number of hydrogen-bond donors (Lipinski definition) is 1. The molecule has 2 aliphatic rings. The third-order valence-corrected chi connectivity index (χ3v) is 4.34. The molecule has 120 valence electrons. The van der Waals surface area contributed by atoms with E-state index in [-0.39, 0.29) is 5.91 Å². The van der Waals surface area contributed by atoms with Crippen LogP contribution in [0.1, 0.15) is 29.8 Å². The minimum atomic E-state index is -0.0265. The molecule has 1 saturated heterocycles. The van der Waals surface area contributed by atoms with Gasteiger partial charge < -0.3 is 19.5 Å². The number of furan rings is 1. The van der Waals surface area contributed by atoms with E-state index in [0.29, 0.717) is 18.8 Å². The summed E-state index contributed by atoms with van der Waals surface area (Å²) in [4.78, 5) is 20.6. The number of nitrogens with one attached hydrogen (secondary N) is 1. The van der Waals surface area contributed by atoms with Gasteiger partial charge in [-0.25, -0.2) is 0 Å². The molecule has 1 saturated carbocycles. The number of carbonyl (C=O) groups excluding carboxylic acids is 1. The van der Waals surface area contributed by atoms with Gasteiger partial charge in [-0.05, 0) is 24.5 Å². The van der Waals surface area contributed by atoms with Gasteiger partial charge in [0.2, 0.25) is 0 Å². The largest absolute Gasteiger partial charge is 0.459 e. The number of rotatable bonds is 4. The first-order valence-corrected chi connectivity index (χ1v) is 8.06. The van der Waals surface area contributed by atoms with Crippen LogP contribution in [0.2, 0.25) is 0 Å². The molecule has 0 spiro atoms. The summed E-state index contributed by atoms with van der Waals surface area (Å²) in [6, 6.07) is 3.46. The molecule has 6 nitrogen and oxygen atoms in total. The Morgan fingerprint density at radius 3 is 2.64 bits per heavy atom. The van der Waals surface area contributed by atoms with Crippen LogP contribution in [0.25, 0.3) is 0 Å². The number of piperazine rings is 1. The predicted octanol–water partition coefficient (Wildman–Crippen LogP) is 1.41. The molecule has 1 amide bonds. The van der Waals surface area contributed by atoms with Crippen LogP contribution in [0.5, 0.6) is 0 Å². The van der Waals surface area contributed by atoms with Crippen molar-refractivity contribution < 1.29 is 9.21 Å². The van der Waals surface area contributed by atoms with E-state index in [9.17, 15) is 4.79 Å². The van der Waals surface area contributed by atoms with Crippen molar-refractivity contribution in [3.05, 3.63) is 24.2 Å². The van der Waals surface area contributed by atoms with Gasteiger partial charge in [0.1, 0.15) is 0 Å². The number of carbonyl (C=O) groups is 1. The van der Waals surface area contributed by atoms with Crippen LogP contribution in [-0.2, 0) is 0 Å². The van der Waals surface area contributed by atoms with Crippen molar-refractivity contribution in [1.82, 2.24) is 15.1 Å². The first-order valence-electron chi connectivity index (χ1n) is 8.06. The number of guanidine groups is 1. The Hall–Kier alpha value is -1.98. The summed E-state index contributed by atoms with van der Waals surface area (Å²) >= 11 is 0. The van der Waals surface area contributed by atoms with E-state index >= 15 is 0 Å². The highest BCUT2D eigenvalue weighted by molar-refractivity contribution is 5.91. The minimum Gasteiger partial charge on any atom is -0.459 e. The summed E-state index contributed by atoms with van der Waals surface area (Å²) in [6.45, 7) is 3.99. The van der Waals surface area contributed by atoms with Gasteiger partial charge in [-0.2, -0.15) is 0 Å². The number of nitrogens with zero attached hydrogens (tertiary/aromatic N) is 3. The maximum Gasteiger partial charge on any atom is 0.289 e. The van der Waals surface area contributed by atoms with Gasteiger partial charge in [-0.1, -0.05) is 12.8 Å². The third kappa shape index (κ3) is 3.61. The number of amides is 1. The topological polar surface area (TPSA) is 61.1 Å². The molecule has 2 heterocycles. The minimum absolute atomic E-state index is 0.0265. The second kappa shape index (κ2) is 6.85. The molecule has 6 heteroatoms. The Labute approximate surface area is 131 Å². The predicted molar refractivity (Wildman–Crippen MR) is 84.9 cm³/mol. The molecule has 0 unspecified atom stereocenters. The lowest BCUT2D eigenvalue weighted by atomic mass is 10.3. The Kier molecular flexibility index (Phi) is 4.65. The van der Waals surface area contributed by atoms with Crippen LogP contribution in [0.15, 0.2) is 27.8 Å². The maximum absolute atomic E-state index is 12.2. The van der Waals surface area contributed by atoms with E-state index in [1.165, 1.54) is 25.5 Å². The number of aliphatic imine (C=N–C) groups is 1. The SMILES string of the molecule is CN=C(NCCC1CC1)N1CCN(C(=O)c2ccco2)CC1. The summed E-state index contributed by atoms with van der Waals surface area (Å²) in [7, 11) is 1.82. The zero-order chi connectivity index (χ0) is 15.4. The Bertz CT molecular complexity index is 514. The summed E-state index contributed by atoms with van der Waals surface area (Å²) in [5.41, 5.74) is 0. The highest BCUT2D eigenvalue weighted by atomic mass is 16.3. The lowest BCUT2D eigenvalue weighted by Crippen LogP contribution is -2.53. The fraction of sp³-hybridized carbons (Fsp3) is 0.625. The second-order valence-electron chi connectivity index (χ2n) is 5.96. The molecule has 3 rings (SSSR count). The van der Waals surface area contributed by atoms with Crippen LogP contribution in [-0.4, -0.2) is 61.4 Å². The van der Waals surface area contributed by atoms with Crippen molar-refractivity contribution in [2.24, 2.45) is 10.9 Å². The second-order valence-corrected chi connectivity index (χ2v) is 5.96. The molecule has 1 aliphatic carbocycles. The van der Waals surface area contributed by atoms with Crippen LogP contribution >= 0.6 is 0 Å². The average Bonchev–Trinajstić information content (AvgIpc) is 3.22. The zero-order valence-corrected chi connectivity index (χ0v) is 13.1. The van der Waals surface area contributed by atoms with Gasteiger partial charge in [-0.3, -0.25) is 9.79 Å². The molecule has 0 aromatic carbocycles. The molecular formula is C16H24N4O2. The molecule has 1 aliphatic heterocycles. The van der Waals surface area contributed by atoms with Crippen LogP contribution in [0, 0.1) is 5.92 Å². The molecular weight excluding hydrogens is 280 g/mol. The Morgan fingerprint density at radius 2 is 2.05 bits per heavy atom. The van der Waals surface area contributed by atoms with E-state index in [2.05, 4.69) is 15.2 Å². The van der Waals surface area contributed by atoms with E-state index in [1.807, 2.05) is 11.9 Å². The van der Waals surface area contributed by atoms with Crippen LogP contribution in [0.4, 0.5) is 0 Å². The van der Waals surface area contributed by atoms with E-state index < -0.39 is 0 Å². The smallest absolute Gasteiger partial charge is 0.289 e. The van der Waals surface area contributed by atoms with Crippen molar-refractivity contribution in [1.29, 1.82) is 0 Å². The van der Waals surface area contributed by atoms with Crippen LogP contribution < -0.4 is 5.32 Å². The van der Waals surface area contributed by atoms with E-state index in [0.717, 1.165) is 31.5 Å². The highest BCUT2D eigenvalue weighted by Crippen LogP contribution is 2.31. The van der Waals surface area contributed by atoms with Crippen molar-refractivity contribution in [2.45, 2.75) is 19.3 Å². The number of hydrogen-bond acceptors (Lipinski definition) is 3. The normalized spacial score (nSPS) is 19.4. The molecule has 0 radical (unpaired) electrons. The lowest BCUT2D eigenvalue weighted by molar-refractivity contribution is 0.0657. The maximum atomic E-state index is 12.2. The highest BCUT2D eigenvalue weighted by Gasteiger charge is 2.25. The fourth-order valence-electron chi connectivity index (χ4n) is 2.80. The van der Waals surface area contributed by atoms with Gasteiger partial charge in [0.25, 0.3) is 5.91 Å². The summed E-state index contributed by atoms with van der Waals surface area (Å²) < 4.78 is 5.18. The summed E-state index contributed by atoms with van der Waals surface area (Å²) in [5.74, 6) is 2.26. The molecule has 1 aromatic heterocycles. The quantitative estimate of drug-likeness (QED) is 0.675. The molecule has 22 heavy (non-hydrogen) atoms. The zero-order valence-electron chi connectivity index (χ0n) is 13.1. The van der Waals surface area contributed by atoms with Crippen molar-refractivity contribution in [2.75, 3.05) is 39.8 Å². The fourth-order valence-corrected chi connectivity index (χ4v) is 2.80. The summed E-state index contributed by atoms with van der Waals surface area (Å²) in [6.07, 6.45) is 5.53. The van der Waals surface area contributed by atoms with Gasteiger partial charge in [-0.15, -0.1) is 0 Å².